The summed E-state index contributed by atoms with van der Waals surface area (Å²) >= 11 is 0. The molecule has 1 aromatic rings. The number of nitrogens with one attached hydrogen (secondary N) is 1. The van der Waals surface area contributed by atoms with E-state index in [4.69, 9.17) is 9.84 Å². The topological polar surface area (TPSA) is 119 Å². The van der Waals surface area contributed by atoms with E-state index in [1.165, 1.54) is 18.2 Å². The van der Waals surface area contributed by atoms with Gasteiger partial charge >= 0.3 is 12.1 Å². The molecule has 8 nitrogen and oxygen atoms in total. The van der Waals surface area contributed by atoms with Gasteiger partial charge in [-0.2, -0.15) is 0 Å². The van der Waals surface area contributed by atoms with Crippen molar-refractivity contribution in [3.05, 3.63) is 39.9 Å². The van der Waals surface area contributed by atoms with Gasteiger partial charge in [0.15, 0.2) is 0 Å². The number of nitro benzene ring substituents is 1. The highest BCUT2D eigenvalue weighted by molar-refractivity contribution is 5.71. The SMILES string of the molecule is CC(C)(C)OC(=O)NC(CC(=O)O)Cc1ccccc1[N+](=O)[O-]. The molecule has 1 unspecified atom stereocenters. The molecular weight excluding hydrogens is 304 g/mol. The molecule has 8 heteroatoms. The molecule has 0 heterocycles. The minimum absolute atomic E-state index is 0.0166. The summed E-state index contributed by atoms with van der Waals surface area (Å²) in [5, 5.41) is 22.4. The summed E-state index contributed by atoms with van der Waals surface area (Å²) in [6.45, 7) is 5.04. The minimum atomic E-state index is -1.12. The van der Waals surface area contributed by atoms with Gasteiger partial charge in [-0.15, -0.1) is 0 Å². The van der Waals surface area contributed by atoms with E-state index >= 15 is 0 Å². The standard InChI is InChI=1S/C15H20N2O6/c1-15(2,3)23-14(20)16-11(9-13(18)19)8-10-6-4-5-7-12(10)17(21)22/h4-7,11H,8-9H2,1-3H3,(H,16,20)(H,18,19). The van der Waals surface area contributed by atoms with Gasteiger partial charge in [0.2, 0.25) is 0 Å². The minimum Gasteiger partial charge on any atom is -0.481 e. The van der Waals surface area contributed by atoms with Crippen molar-refractivity contribution < 1.29 is 24.4 Å². The summed E-state index contributed by atoms with van der Waals surface area (Å²) in [5.74, 6) is -1.12. The van der Waals surface area contributed by atoms with E-state index in [1.54, 1.807) is 26.8 Å². The maximum Gasteiger partial charge on any atom is 0.407 e. The van der Waals surface area contributed by atoms with E-state index in [1.807, 2.05) is 0 Å². The number of benzene rings is 1. The van der Waals surface area contributed by atoms with Crippen LogP contribution in [0.4, 0.5) is 10.5 Å². The van der Waals surface area contributed by atoms with Gasteiger partial charge in [-0.3, -0.25) is 14.9 Å². The Morgan fingerprint density at radius 2 is 1.96 bits per heavy atom. The molecule has 1 amide bonds. The molecule has 0 aromatic heterocycles. The number of hydrogen-bond acceptors (Lipinski definition) is 5. The lowest BCUT2D eigenvalue weighted by Gasteiger charge is -2.23. The number of rotatable bonds is 6. The second-order valence-corrected chi connectivity index (χ2v) is 6.03. The third-order valence-corrected chi connectivity index (χ3v) is 2.80. The Balaban J connectivity index is 2.89. The van der Waals surface area contributed by atoms with Crippen molar-refractivity contribution in [2.24, 2.45) is 0 Å². The quantitative estimate of drug-likeness (QED) is 0.613. The zero-order valence-electron chi connectivity index (χ0n) is 13.2. The van der Waals surface area contributed by atoms with Gasteiger partial charge in [0.25, 0.3) is 5.69 Å². The average Bonchev–Trinajstić information content (AvgIpc) is 2.35. The van der Waals surface area contributed by atoms with E-state index in [0.29, 0.717) is 5.56 Å². The highest BCUT2D eigenvalue weighted by atomic mass is 16.6. The third-order valence-electron chi connectivity index (χ3n) is 2.80. The number of para-hydroxylation sites is 1. The van der Waals surface area contributed by atoms with Crippen LogP contribution in [0.2, 0.25) is 0 Å². The van der Waals surface area contributed by atoms with Crippen LogP contribution in [-0.4, -0.2) is 33.7 Å². The van der Waals surface area contributed by atoms with Crippen LogP contribution < -0.4 is 5.32 Å². The van der Waals surface area contributed by atoms with Gasteiger partial charge in [0.05, 0.1) is 11.3 Å². The Bertz CT molecular complexity index is 594. The fraction of sp³-hybridized carbons (Fsp3) is 0.467. The zero-order chi connectivity index (χ0) is 17.6. The lowest BCUT2D eigenvalue weighted by atomic mass is 10.0. The molecule has 0 spiro atoms. The molecule has 1 aromatic carbocycles. The van der Waals surface area contributed by atoms with Crippen molar-refractivity contribution in [2.75, 3.05) is 0 Å². The normalized spacial score (nSPS) is 12.3. The number of hydrogen-bond donors (Lipinski definition) is 2. The van der Waals surface area contributed by atoms with Crippen molar-refractivity contribution in [3.63, 3.8) is 0 Å². The fourth-order valence-corrected chi connectivity index (χ4v) is 1.99. The molecule has 0 saturated carbocycles. The number of carbonyl (C=O) groups excluding carboxylic acids is 1. The molecule has 0 saturated heterocycles. The summed E-state index contributed by atoms with van der Waals surface area (Å²) in [7, 11) is 0. The van der Waals surface area contributed by atoms with Gasteiger partial charge in [-0.25, -0.2) is 4.79 Å². The number of carboxylic acids is 1. The monoisotopic (exact) mass is 324 g/mol. The zero-order valence-corrected chi connectivity index (χ0v) is 13.2. The van der Waals surface area contributed by atoms with Gasteiger partial charge in [-0.05, 0) is 20.8 Å². The molecule has 2 N–H and O–H groups in total. The highest BCUT2D eigenvalue weighted by Gasteiger charge is 2.24. The van der Waals surface area contributed by atoms with E-state index in [2.05, 4.69) is 5.32 Å². The Morgan fingerprint density at radius 1 is 1.35 bits per heavy atom. The third kappa shape index (κ3) is 6.77. The molecule has 0 aliphatic carbocycles. The second kappa shape index (κ2) is 7.57. The van der Waals surface area contributed by atoms with Crippen LogP contribution in [0, 0.1) is 10.1 Å². The van der Waals surface area contributed by atoms with E-state index in [9.17, 15) is 19.7 Å². The van der Waals surface area contributed by atoms with Crippen LogP contribution >= 0.6 is 0 Å². The number of nitro groups is 1. The van der Waals surface area contributed by atoms with Crippen molar-refractivity contribution in [3.8, 4) is 0 Å². The Morgan fingerprint density at radius 3 is 2.48 bits per heavy atom. The highest BCUT2D eigenvalue weighted by Crippen LogP contribution is 2.20. The average molecular weight is 324 g/mol. The molecule has 1 rings (SSSR count). The lowest BCUT2D eigenvalue weighted by Crippen LogP contribution is -2.41. The summed E-state index contributed by atoms with van der Waals surface area (Å²) in [6, 6.07) is 5.19. The van der Waals surface area contributed by atoms with Gasteiger partial charge in [-0.1, -0.05) is 18.2 Å². The lowest BCUT2D eigenvalue weighted by molar-refractivity contribution is -0.385. The number of ether oxygens (including phenoxy) is 1. The molecule has 0 radical (unpaired) electrons. The van der Waals surface area contributed by atoms with E-state index < -0.39 is 28.6 Å². The van der Waals surface area contributed by atoms with Crippen molar-refractivity contribution >= 4 is 17.7 Å². The molecular formula is C15H20N2O6. The number of amides is 1. The fourth-order valence-electron chi connectivity index (χ4n) is 1.99. The van der Waals surface area contributed by atoms with Crippen LogP contribution in [-0.2, 0) is 16.0 Å². The predicted octanol–water partition coefficient (Wildman–Crippen LogP) is 2.51. The summed E-state index contributed by atoms with van der Waals surface area (Å²) in [6.07, 6.45) is -1.11. The number of carboxylic acid groups (broad SMARTS) is 1. The molecule has 0 bridgehead atoms. The molecule has 126 valence electrons. The predicted molar refractivity (Wildman–Crippen MR) is 82.2 cm³/mol. The first-order valence-electron chi connectivity index (χ1n) is 7.02. The Hall–Kier alpha value is -2.64. The Kier molecular flexibility index (Phi) is 6.06. The first kappa shape index (κ1) is 18.4. The summed E-state index contributed by atoms with van der Waals surface area (Å²) in [5.41, 5.74) is -0.495. The molecule has 0 aliphatic rings. The van der Waals surface area contributed by atoms with Crippen molar-refractivity contribution in [1.29, 1.82) is 0 Å². The maximum atomic E-state index is 11.8. The second-order valence-electron chi connectivity index (χ2n) is 6.03. The Labute approximate surface area is 133 Å². The first-order valence-corrected chi connectivity index (χ1v) is 7.02. The van der Waals surface area contributed by atoms with Gasteiger partial charge < -0.3 is 15.2 Å². The van der Waals surface area contributed by atoms with Gasteiger partial charge in [0.1, 0.15) is 5.60 Å². The van der Waals surface area contributed by atoms with Crippen molar-refractivity contribution in [1.82, 2.24) is 5.32 Å². The molecule has 23 heavy (non-hydrogen) atoms. The maximum absolute atomic E-state index is 11.8. The number of carbonyl (C=O) groups is 2. The van der Waals surface area contributed by atoms with E-state index in [0.717, 1.165) is 0 Å². The largest absolute Gasteiger partial charge is 0.481 e. The molecule has 0 aliphatic heterocycles. The number of alkyl carbamates (subject to hydrolysis) is 1. The van der Waals surface area contributed by atoms with Crippen LogP contribution in [0.1, 0.15) is 32.8 Å². The summed E-state index contributed by atoms with van der Waals surface area (Å²) < 4.78 is 5.09. The first-order chi connectivity index (χ1) is 10.6. The number of aliphatic carboxylic acids is 1. The smallest absolute Gasteiger partial charge is 0.407 e. The summed E-state index contributed by atoms with van der Waals surface area (Å²) in [4.78, 5) is 33.2. The van der Waals surface area contributed by atoms with Gasteiger partial charge in [0, 0.05) is 24.1 Å². The van der Waals surface area contributed by atoms with Crippen LogP contribution in [0.3, 0.4) is 0 Å². The number of nitrogens with zero attached hydrogens (tertiary/aromatic N) is 1. The van der Waals surface area contributed by atoms with Crippen LogP contribution in [0.25, 0.3) is 0 Å². The van der Waals surface area contributed by atoms with Crippen LogP contribution in [0.15, 0.2) is 24.3 Å². The molecule has 0 fully saturated rings. The van der Waals surface area contributed by atoms with Crippen molar-refractivity contribution in [2.45, 2.75) is 45.3 Å². The molecule has 1 atom stereocenters. The van der Waals surface area contributed by atoms with E-state index in [-0.39, 0.29) is 18.5 Å². The van der Waals surface area contributed by atoms with Crippen LogP contribution in [0.5, 0.6) is 0 Å².